The molecular formula is C24H29FN6O4. The minimum absolute atomic E-state index is 0.00582. The molecule has 0 aromatic carbocycles. The molecule has 3 aromatic heterocycles. The van der Waals surface area contributed by atoms with E-state index in [2.05, 4.69) is 15.5 Å². The van der Waals surface area contributed by atoms with Gasteiger partial charge in [0, 0.05) is 30.8 Å². The maximum Gasteiger partial charge on any atom is 0.410 e. The van der Waals surface area contributed by atoms with Crippen LogP contribution in [0.2, 0.25) is 0 Å². The average molecular weight is 485 g/mol. The Labute approximate surface area is 202 Å². The first-order chi connectivity index (χ1) is 16.6. The lowest BCUT2D eigenvalue weighted by Crippen LogP contribution is -2.36. The van der Waals surface area contributed by atoms with E-state index in [1.54, 1.807) is 55.5 Å². The molecule has 2 fully saturated rings. The van der Waals surface area contributed by atoms with Crippen molar-refractivity contribution in [3.63, 3.8) is 0 Å². The van der Waals surface area contributed by atoms with E-state index in [4.69, 9.17) is 9.47 Å². The summed E-state index contributed by atoms with van der Waals surface area (Å²) in [6.07, 6.45) is 2.41. The first kappa shape index (κ1) is 23.1. The molecule has 186 valence electrons. The van der Waals surface area contributed by atoms with Gasteiger partial charge in [-0.05, 0) is 45.7 Å². The zero-order chi connectivity index (χ0) is 24.9. The van der Waals surface area contributed by atoms with Crippen molar-refractivity contribution in [2.24, 2.45) is 13.0 Å². The van der Waals surface area contributed by atoms with Gasteiger partial charge in [0.25, 0.3) is 0 Å². The molecule has 1 saturated heterocycles. The predicted octanol–water partition coefficient (Wildman–Crippen LogP) is 3.42. The summed E-state index contributed by atoms with van der Waals surface area (Å²) in [6, 6.07) is 5.55. The summed E-state index contributed by atoms with van der Waals surface area (Å²) in [5.74, 6) is 0.991. The molecule has 35 heavy (non-hydrogen) atoms. The molecule has 3 aromatic rings. The number of nitrogens with one attached hydrogen (secondary N) is 1. The smallest absolute Gasteiger partial charge is 0.410 e. The standard InChI is InChI=1S/C24H29FN6O4/c1-24(2,3)35-23(33)30-12-17(25)19(13-30)34-18-11-26-29(4)21(18)15-7-8-31-16(9-15)10-20(28-31)27-22(32)14-5-6-14/h7-11,14,17,19H,5-6,12-13H2,1-4H3,(H,27,28,32)/t17-,19-/m0/s1. The number of aromatic nitrogens is 4. The van der Waals surface area contributed by atoms with Crippen LogP contribution in [0.1, 0.15) is 33.6 Å². The monoisotopic (exact) mass is 484 g/mol. The minimum Gasteiger partial charge on any atom is -0.481 e. The van der Waals surface area contributed by atoms with Gasteiger partial charge in [-0.15, -0.1) is 0 Å². The molecule has 0 radical (unpaired) electrons. The van der Waals surface area contributed by atoms with Crippen LogP contribution in [0.4, 0.5) is 15.0 Å². The third-order valence-electron chi connectivity index (χ3n) is 5.97. The van der Waals surface area contributed by atoms with Gasteiger partial charge in [-0.2, -0.15) is 10.2 Å². The van der Waals surface area contributed by atoms with Gasteiger partial charge in [-0.3, -0.25) is 9.48 Å². The van der Waals surface area contributed by atoms with Gasteiger partial charge in [0.2, 0.25) is 5.91 Å². The summed E-state index contributed by atoms with van der Waals surface area (Å²) in [4.78, 5) is 25.8. The fraction of sp³-hybridized carbons (Fsp3) is 0.500. The van der Waals surface area contributed by atoms with Gasteiger partial charge < -0.3 is 19.7 Å². The van der Waals surface area contributed by atoms with Crippen LogP contribution in [-0.2, 0) is 16.6 Å². The van der Waals surface area contributed by atoms with Crippen LogP contribution in [0.15, 0.2) is 30.6 Å². The molecule has 2 atom stereocenters. The largest absolute Gasteiger partial charge is 0.481 e. The molecule has 4 heterocycles. The number of rotatable bonds is 5. The fourth-order valence-corrected chi connectivity index (χ4v) is 4.09. The second-order valence-electron chi connectivity index (χ2n) is 10.1. The van der Waals surface area contributed by atoms with Crippen molar-refractivity contribution in [3.05, 3.63) is 30.6 Å². The predicted molar refractivity (Wildman–Crippen MR) is 126 cm³/mol. The van der Waals surface area contributed by atoms with E-state index >= 15 is 0 Å². The zero-order valence-electron chi connectivity index (χ0n) is 20.2. The summed E-state index contributed by atoms with van der Waals surface area (Å²) in [5.41, 5.74) is 1.58. The molecule has 0 unspecified atom stereocenters. The number of hydrogen-bond acceptors (Lipinski definition) is 6. The SMILES string of the molecule is Cn1ncc(O[C@H]2CN(C(=O)OC(C)(C)C)C[C@@H]2F)c1-c1ccn2nc(NC(=O)C3CC3)cc2c1. The molecule has 2 amide bonds. The molecule has 0 bridgehead atoms. The summed E-state index contributed by atoms with van der Waals surface area (Å²) in [7, 11) is 1.78. The second kappa shape index (κ2) is 8.54. The van der Waals surface area contributed by atoms with Gasteiger partial charge in [-0.25, -0.2) is 13.7 Å². The summed E-state index contributed by atoms with van der Waals surface area (Å²) < 4.78 is 29.5. The van der Waals surface area contributed by atoms with E-state index in [0.29, 0.717) is 17.3 Å². The van der Waals surface area contributed by atoms with Gasteiger partial charge in [0.05, 0.1) is 24.8 Å². The first-order valence-corrected chi connectivity index (χ1v) is 11.7. The maximum absolute atomic E-state index is 14.8. The Morgan fingerprint density at radius 1 is 1.20 bits per heavy atom. The van der Waals surface area contributed by atoms with E-state index in [0.717, 1.165) is 23.9 Å². The number of amides is 2. The minimum atomic E-state index is -1.36. The number of likely N-dealkylation sites (tertiary alicyclic amines) is 1. The number of carbonyl (C=O) groups is 2. The maximum atomic E-state index is 14.8. The quantitative estimate of drug-likeness (QED) is 0.595. The van der Waals surface area contributed by atoms with Gasteiger partial charge in [0.15, 0.2) is 17.7 Å². The van der Waals surface area contributed by atoms with E-state index in [9.17, 15) is 14.0 Å². The lowest BCUT2D eigenvalue weighted by molar-refractivity contribution is -0.117. The van der Waals surface area contributed by atoms with Crippen molar-refractivity contribution >= 4 is 23.3 Å². The molecule has 5 rings (SSSR count). The van der Waals surface area contributed by atoms with Crippen LogP contribution >= 0.6 is 0 Å². The lowest BCUT2D eigenvalue weighted by Gasteiger charge is -2.24. The molecule has 1 saturated carbocycles. The van der Waals surface area contributed by atoms with Crippen LogP contribution in [-0.4, -0.2) is 67.3 Å². The van der Waals surface area contributed by atoms with Crippen molar-refractivity contribution in [1.29, 1.82) is 0 Å². The average Bonchev–Trinajstić information content (AvgIpc) is 3.32. The highest BCUT2D eigenvalue weighted by Crippen LogP contribution is 2.33. The van der Waals surface area contributed by atoms with Crippen LogP contribution in [0, 0.1) is 5.92 Å². The molecule has 10 nitrogen and oxygen atoms in total. The Bertz CT molecular complexity index is 1270. The molecule has 1 N–H and O–H groups in total. The molecular weight excluding hydrogens is 455 g/mol. The highest BCUT2D eigenvalue weighted by Gasteiger charge is 2.39. The van der Waals surface area contributed by atoms with Crippen molar-refractivity contribution in [2.45, 2.75) is 51.5 Å². The number of halogens is 1. The van der Waals surface area contributed by atoms with Crippen molar-refractivity contribution < 1.29 is 23.5 Å². The summed E-state index contributed by atoms with van der Waals surface area (Å²) >= 11 is 0. The second-order valence-corrected chi connectivity index (χ2v) is 10.1. The zero-order valence-corrected chi connectivity index (χ0v) is 20.2. The number of anilines is 1. The Morgan fingerprint density at radius 3 is 2.69 bits per heavy atom. The van der Waals surface area contributed by atoms with Crippen LogP contribution in [0.3, 0.4) is 0 Å². The molecule has 0 spiro atoms. The van der Waals surface area contributed by atoms with Gasteiger partial charge in [0.1, 0.15) is 17.4 Å². The molecule has 2 aliphatic rings. The van der Waals surface area contributed by atoms with Crippen LogP contribution < -0.4 is 10.1 Å². The Balaban J connectivity index is 1.34. The number of pyridine rings is 1. The fourth-order valence-electron chi connectivity index (χ4n) is 4.09. The number of hydrogen-bond donors (Lipinski definition) is 1. The summed E-state index contributed by atoms with van der Waals surface area (Å²) in [6.45, 7) is 5.30. The first-order valence-electron chi connectivity index (χ1n) is 11.7. The molecule has 11 heteroatoms. The number of ether oxygens (including phenoxy) is 2. The normalized spacial score (nSPS) is 20.3. The van der Waals surface area contributed by atoms with E-state index in [1.165, 1.54) is 4.90 Å². The Morgan fingerprint density at radius 2 is 1.97 bits per heavy atom. The Kier molecular flexibility index (Phi) is 5.65. The number of fused-ring (bicyclic) bond motifs is 1. The van der Waals surface area contributed by atoms with Crippen molar-refractivity contribution in [2.75, 3.05) is 18.4 Å². The van der Waals surface area contributed by atoms with E-state index < -0.39 is 24.0 Å². The number of aryl methyl sites for hydroxylation is 1. The van der Waals surface area contributed by atoms with Crippen LogP contribution in [0.25, 0.3) is 16.8 Å². The van der Waals surface area contributed by atoms with Gasteiger partial charge >= 0.3 is 6.09 Å². The highest BCUT2D eigenvalue weighted by molar-refractivity contribution is 5.93. The van der Waals surface area contributed by atoms with Crippen molar-refractivity contribution in [1.82, 2.24) is 24.3 Å². The third kappa shape index (κ3) is 4.94. The molecule has 1 aliphatic carbocycles. The lowest BCUT2D eigenvalue weighted by atomic mass is 10.1. The van der Waals surface area contributed by atoms with Crippen molar-refractivity contribution in [3.8, 4) is 17.0 Å². The number of alkyl halides is 1. The third-order valence-corrected chi connectivity index (χ3v) is 5.97. The van der Waals surface area contributed by atoms with Gasteiger partial charge in [-0.1, -0.05) is 0 Å². The number of nitrogens with zero attached hydrogens (tertiary/aromatic N) is 5. The Hall–Kier alpha value is -3.63. The van der Waals surface area contributed by atoms with E-state index in [-0.39, 0.29) is 24.9 Å². The molecule has 1 aliphatic heterocycles. The summed E-state index contributed by atoms with van der Waals surface area (Å²) in [5, 5.41) is 11.6. The number of carbonyl (C=O) groups excluding carboxylic acids is 2. The highest BCUT2D eigenvalue weighted by atomic mass is 19.1. The topological polar surface area (TPSA) is 103 Å². The van der Waals surface area contributed by atoms with Crippen LogP contribution in [0.5, 0.6) is 5.75 Å². The van der Waals surface area contributed by atoms with E-state index in [1.807, 2.05) is 12.1 Å².